The Balaban J connectivity index is 3.34. The SMILES string of the molecule is CN(I)c1c(C(F)(F)F)c(=O)c1=O. The summed E-state index contributed by atoms with van der Waals surface area (Å²) in [6.07, 6.45) is -4.74. The maximum absolute atomic E-state index is 12.1. The molecular weight excluding hydrogens is 302 g/mol. The van der Waals surface area contributed by atoms with Crippen molar-refractivity contribution in [2.45, 2.75) is 6.18 Å². The Morgan fingerprint density at radius 2 is 1.69 bits per heavy atom. The summed E-state index contributed by atoms with van der Waals surface area (Å²) in [4.78, 5) is 21.3. The van der Waals surface area contributed by atoms with E-state index in [1.807, 2.05) is 0 Å². The summed E-state index contributed by atoms with van der Waals surface area (Å²) in [5.41, 5.74) is -4.46. The molecule has 0 aliphatic heterocycles. The van der Waals surface area contributed by atoms with Crippen LogP contribution in [0.4, 0.5) is 18.9 Å². The quantitative estimate of drug-likeness (QED) is 0.443. The van der Waals surface area contributed by atoms with Crippen molar-refractivity contribution < 1.29 is 13.2 Å². The molecule has 0 bridgehead atoms. The molecule has 72 valence electrons. The van der Waals surface area contributed by atoms with Crippen LogP contribution < -0.4 is 14.0 Å². The Hall–Kier alpha value is -0.600. The largest absolute Gasteiger partial charge is 0.422 e. The minimum Gasteiger partial charge on any atom is -0.314 e. The molecule has 0 aliphatic carbocycles. The van der Waals surface area contributed by atoms with Crippen LogP contribution in [0.15, 0.2) is 9.59 Å². The molecule has 0 spiro atoms. The first kappa shape index (κ1) is 10.5. The lowest BCUT2D eigenvalue weighted by Crippen LogP contribution is -2.43. The van der Waals surface area contributed by atoms with Gasteiger partial charge in [-0.05, 0) is 0 Å². The third-order valence-electron chi connectivity index (χ3n) is 1.48. The molecule has 0 N–H and O–H groups in total. The monoisotopic (exact) mass is 305 g/mol. The van der Waals surface area contributed by atoms with Crippen LogP contribution in [0.1, 0.15) is 5.56 Å². The van der Waals surface area contributed by atoms with Crippen molar-refractivity contribution in [1.82, 2.24) is 0 Å². The molecule has 13 heavy (non-hydrogen) atoms. The fourth-order valence-corrected chi connectivity index (χ4v) is 1.40. The second-order valence-electron chi connectivity index (χ2n) is 2.36. The first-order valence-electron chi connectivity index (χ1n) is 3.07. The number of alkyl halides is 3. The Morgan fingerprint density at radius 1 is 1.23 bits per heavy atom. The van der Waals surface area contributed by atoms with E-state index < -0.39 is 28.3 Å². The van der Waals surface area contributed by atoms with E-state index in [0.29, 0.717) is 0 Å². The second kappa shape index (κ2) is 2.96. The minimum absolute atomic E-state index is 0.571. The molecule has 0 saturated heterocycles. The molecule has 0 amide bonds. The van der Waals surface area contributed by atoms with Gasteiger partial charge in [0.05, 0.1) is 22.9 Å². The van der Waals surface area contributed by atoms with Crippen molar-refractivity contribution in [3.05, 3.63) is 26.0 Å². The van der Waals surface area contributed by atoms with Gasteiger partial charge in [0.1, 0.15) is 11.3 Å². The maximum atomic E-state index is 12.1. The molecular formula is C6H3F3INO2. The van der Waals surface area contributed by atoms with E-state index in [4.69, 9.17) is 0 Å². The molecule has 7 heteroatoms. The normalized spacial score (nSPS) is 12.1. The Morgan fingerprint density at radius 3 is 1.92 bits per heavy atom. The summed E-state index contributed by atoms with van der Waals surface area (Å²) in [6.45, 7) is 0. The predicted molar refractivity (Wildman–Crippen MR) is 48.8 cm³/mol. The summed E-state index contributed by atoms with van der Waals surface area (Å²) in [7, 11) is 1.27. The van der Waals surface area contributed by atoms with Crippen LogP contribution >= 0.6 is 22.9 Å². The standard InChI is InChI=1S/C6H3F3INO2/c1-11(10)3-2(6(7,8)9)4(12)5(3)13/h1H3. The average Bonchev–Trinajstić information content (AvgIpc) is 1.94. The fraction of sp³-hybridized carbons (Fsp3) is 0.333. The summed E-state index contributed by atoms with van der Waals surface area (Å²) >= 11 is 1.50. The highest BCUT2D eigenvalue weighted by atomic mass is 127. The molecule has 0 unspecified atom stereocenters. The molecule has 0 fully saturated rings. The molecule has 0 atom stereocenters. The van der Waals surface area contributed by atoms with Gasteiger partial charge in [0.15, 0.2) is 0 Å². The fourth-order valence-electron chi connectivity index (χ4n) is 0.937. The Bertz CT molecular complexity index is 402. The number of hydrogen-bond donors (Lipinski definition) is 0. The van der Waals surface area contributed by atoms with E-state index in [2.05, 4.69) is 0 Å². The van der Waals surface area contributed by atoms with Crippen molar-refractivity contribution >= 4 is 28.6 Å². The topological polar surface area (TPSA) is 37.4 Å². The van der Waals surface area contributed by atoms with Crippen LogP contribution in [-0.4, -0.2) is 7.05 Å². The summed E-state index contributed by atoms with van der Waals surface area (Å²) in [5, 5.41) is 0. The van der Waals surface area contributed by atoms with Gasteiger partial charge >= 0.3 is 6.18 Å². The van der Waals surface area contributed by atoms with Gasteiger partial charge in [0.25, 0.3) is 5.43 Å². The van der Waals surface area contributed by atoms with E-state index in [1.54, 1.807) is 0 Å². The minimum atomic E-state index is -4.74. The summed E-state index contributed by atoms with van der Waals surface area (Å²) in [5.74, 6) is 0. The van der Waals surface area contributed by atoms with Crippen LogP contribution in [0, 0.1) is 0 Å². The van der Waals surface area contributed by atoms with Crippen LogP contribution in [0.2, 0.25) is 0 Å². The van der Waals surface area contributed by atoms with E-state index in [-0.39, 0.29) is 0 Å². The average molecular weight is 305 g/mol. The zero-order valence-electron chi connectivity index (χ0n) is 6.28. The van der Waals surface area contributed by atoms with Crippen molar-refractivity contribution in [3.8, 4) is 0 Å². The highest BCUT2D eigenvalue weighted by molar-refractivity contribution is 14.1. The molecule has 0 aromatic heterocycles. The Kier molecular flexibility index (Phi) is 2.39. The van der Waals surface area contributed by atoms with Crippen LogP contribution in [0.25, 0.3) is 0 Å². The van der Waals surface area contributed by atoms with Gasteiger partial charge in [0.2, 0.25) is 5.43 Å². The van der Waals surface area contributed by atoms with Gasteiger partial charge in [-0.1, -0.05) is 0 Å². The van der Waals surface area contributed by atoms with E-state index in [0.717, 1.165) is 3.11 Å². The first-order valence-corrected chi connectivity index (χ1v) is 4.03. The van der Waals surface area contributed by atoms with Crippen LogP contribution in [-0.2, 0) is 6.18 Å². The van der Waals surface area contributed by atoms with Gasteiger partial charge in [-0.15, -0.1) is 0 Å². The van der Waals surface area contributed by atoms with Crippen molar-refractivity contribution in [1.29, 1.82) is 0 Å². The molecule has 3 nitrogen and oxygen atoms in total. The van der Waals surface area contributed by atoms with Gasteiger partial charge in [-0.3, -0.25) is 9.59 Å². The molecule has 0 aliphatic rings. The Labute approximate surface area is 84.3 Å². The van der Waals surface area contributed by atoms with Crippen molar-refractivity contribution in [3.63, 3.8) is 0 Å². The van der Waals surface area contributed by atoms with E-state index in [9.17, 15) is 22.8 Å². The molecule has 1 rings (SSSR count). The number of hydrogen-bond acceptors (Lipinski definition) is 3. The van der Waals surface area contributed by atoms with Gasteiger partial charge in [0, 0.05) is 7.05 Å². The van der Waals surface area contributed by atoms with Gasteiger partial charge in [-0.25, -0.2) is 0 Å². The van der Waals surface area contributed by atoms with E-state index >= 15 is 0 Å². The highest BCUT2D eigenvalue weighted by Crippen LogP contribution is 2.33. The molecule has 0 saturated carbocycles. The summed E-state index contributed by atoms with van der Waals surface area (Å²) < 4.78 is 37.2. The first-order chi connectivity index (χ1) is 5.76. The summed E-state index contributed by atoms with van der Waals surface area (Å²) in [6, 6.07) is 0. The second-order valence-corrected chi connectivity index (χ2v) is 3.80. The third kappa shape index (κ3) is 1.56. The molecule has 0 heterocycles. The number of nitrogens with zero attached hydrogens (tertiary/aromatic N) is 1. The predicted octanol–water partition coefficient (Wildman–Crippen LogP) is 1.09. The maximum Gasteiger partial charge on any atom is 0.422 e. The van der Waals surface area contributed by atoms with Gasteiger partial charge in [-0.2, -0.15) is 13.2 Å². The lowest BCUT2D eigenvalue weighted by atomic mass is 10.1. The lowest BCUT2D eigenvalue weighted by Gasteiger charge is -2.17. The zero-order chi connectivity index (χ0) is 10.4. The van der Waals surface area contributed by atoms with E-state index in [1.165, 1.54) is 29.9 Å². The van der Waals surface area contributed by atoms with Crippen molar-refractivity contribution in [2.75, 3.05) is 10.2 Å². The smallest absolute Gasteiger partial charge is 0.314 e. The van der Waals surface area contributed by atoms with Crippen LogP contribution in [0.5, 0.6) is 0 Å². The number of rotatable bonds is 1. The third-order valence-corrected chi connectivity index (χ3v) is 1.96. The number of halogens is 4. The molecule has 1 aromatic carbocycles. The highest BCUT2D eigenvalue weighted by Gasteiger charge is 2.43. The number of anilines is 1. The van der Waals surface area contributed by atoms with Gasteiger partial charge < -0.3 is 3.11 Å². The molecule has 1 aromatic rings. The van der Waals surface area contributed by atoms with Crippen molar-refractivity contribution in [2.24, 2.45) is 0 Å². The lowest BCUT2D eigenvalue weighted by molar-refractivity contribution is -0.138. The molecule has 0 radical (unpaired) electrons. The van der Waals surface area contributed by atoms with Crippen LogP contribution in [0.3, 0.4) is 0 Å². The zero-order valence-corrected chi connectivity index (χ0v) is 8.43.